The molecule has 82 valence electrons. The highest BCUT2D eigenvalue weighted by Crippen LogP contribution is 2.15. The topological polar surface area (TPSA) is 49.8 Å². The predicted molar refractivity (Wildman–Crippen MR) is 52.9 cm³/mol. The zero-order valence-corrected chi connectivity index (χ0v) is 8.74. The van der Waals surface area contributed by atoms with Crippen LogP contribution in [0.5, 0.6) is 0 Å². The molecule has 1 aliphatic rings. The molecule has 14 heavy (non-hydrogen) atoms. The SMILES string of the molecule is CCOC(=O)CN1CCC(CO)CC1. The summed E-state index contributed by atoms with van der Waals surface area (Å²) in [5, 5.41) is 8.93. The molecule has 0 aliphatic carbocycles. The first-order chi connectivity index (χ1) is 6.76. The van der Waals surface area contributed by atoms with Gasteiger partial charge in [0.25, 0.3) is 0 Å². The van der Waals surface area contributed by atoms with Gasteiger partial charge in [-0.15, -0.1) is 0 Å². The lowest BCUT2D eigenvalue weighted by Gasteiger charge is -2.29. The number of carbonyl (C=O) groups excluding carboxylic acids is 1. The zero-order chi connectivity index (χ0) is 10.4. The first kappa shape index (κ1) is 11.5. The number of rotatable bonds is 4. The van der Waals surface area contributed by atoms with E-state index in [0.717, 1.165) is 25.9 Å². The maximum Gasteiger partial charge on any atom is 0.320 e. The van der Waals surface area contributed by atoms with Crippen LogP contribution in [-0.4, -0.2) is 48.8 Å². The van der Waals surface area contributed by atoms with Crippen molar-refractivity contribution < 1.29 is 14.6 Å². The number of ether oxygens (including phenoxy) is 1. The van der Waals surface area contributed by atoms with Crippen LogP contribution in [0.15, 0.2) is 0 Å². The summed E-state index contributed by atoms with van der Waals surface area (Å²) in [6, 6.07) is 0. The molecule has 0 unspecified atom stereocenters. The molecule has 0 amide bonds. The number of piperidine rings is 1. The maximum absolute atomic E-state index is 11.1. The van der Waals surface area contributed by atoms with Crippen LogP contribution in [0.4, 0.5) is 0 Å². The van der Waals surface area contributed by atoms with E-state index in [1.54, 1.807) is 0 Å². The number of carbonyl (C=O) groups is 1. The Labute approximate surface area is 84.8 Å². The second-order valence-electron chi connectivity index (χ2n) is 3.71. The van der Waals surface area contributed by atoms with Gasteiger partial charge in [0.2, 0.25) is 0 Å². The van der Waals surface area contributed by atoms with Gasteiger partial charge >= 0.3 is 5.97 Å². The van der Waals surface area contributed by atoms with Crippen LogP contribution in [0, 0.1) is 5.92 Å². The minimum absolute atomic E-state index is 0.144. The molecule has 0 radical (unpaired) electrons. The summed E-state index contributed by atoms with van der Waals surface area (Å²) in [7, 11) is 0. The first-order valence-corrected chi connectivity index (χ1v) is 5.25. The van der Waals surface area contributed by atoms with Crippen LogP contribution in [-0.2, 0) is 9.53 Å². The second-order valence-corrected chi connectivity index (χ2v) is 3.71. The van der Waals surface area contributed by atoms with Crippen molar-refractivity contribution in [3.63, 3.8) is 0 Å². The summed E-state index contributed by atoms with van der Waals surface area (Å²) in [5.74, 6) is 0.281. The molecular formula is C10H19NO3. The minimum atomic E-state index is -0.144. The second kappa shape index (κ2) is 5.98. The van der Waals surface area contributed by atoms with Crippen molar-refractivity contribution in [1.29, 1.82) is 0 Å². The maximum atomic E-state index is 11.1. The highest BCUT2D eigenvalue weighted by molar-refractivity contribution is 5.71. The van der Waals surface area contributed by atoms with Gasteiger partial charge in [0.15, 0.2) is 0 Å². The third-order valence-electron chi connectivity index (χ3n) is 2.62. The molecular weight excluding hydrogens is 182 g/mol. The molecule has 1 rings (SSSR count). The smallest absolute Gasteiger partial charge is 0.320 e. The van der Waals surface area contributed by atoms with Gasteiger partial charge in [0.05, 0.1) is 13.2 Å². The normalized spacial score (nSPS) is 19.6. The highest BCUT2D eigenvalue weighted by Gasteiger charge is 2.20. The largest absolute Gasteiger partial charge is 0.465 e. The Bertz CT molecular complexity index is 176. The van der Waals surface area contributed by atoms with Crippen LogP contribution >= 0.6 is 0 Å². The summed E-state index contributed by atoms with van der Waals surface area (Å²) in [6.45, 7) is 4.72. The summed E-state index contributed by atoms with van der Waals surface area (Å²) in [4.78, 5) is 13.2. The van der Waals surface area contributed by atoms with Gasteiger partial charge in [-0.25, -0.2) is 0 Å². The number of hydrogen-bond donors (Lipinski definition) is 1. The van der Waals surface area contributed by atoms with E-state index in [0.29, 0.717) is 19.1 Å². The Morgan fingerprint density at radius 2 is 2.14 bits per heavy atom. The lowest BCUT2D eigenvalue weighted by atomic mass is 9.98. The molecule has 0 aromatic heterocycles. The van der Waals surface area contributed by atoms with Crippen molar-refractivity contribution in [2.75, 3.05) is 32.8 Å². The quantitative estimate of drug-likeness (QED) is 0.663. The molecule has 1 N–H and O–H groups in total. The molecule has 0 atom stereocenters. The van der Waals surface area contributed by atoms with E-state index in [1.807, 2.05) is 6.92 Å². The van der Waals surface area contributed by atoms with Crippen molar-refractivity contribution in [1.82, 2.24) is 4.90 Å². The molecule has 0 bridgehead atoms. The summed E-state index contributed by atoms with van der Waals surface area (Å²) in [6.07, 6.45) is 1.96. The van der Waals surface area contributed by atoms with Gasteiger partial charge in [0, 0.05) is 6.61 Å². The van der Waals surface area contributed by atoms with Crippen LogP contribution in [0.2, 0.25) is 0 Å². The van der Waals surface area contributed by atoms with Crippen molar-refractivity contribution in [2.24, 2.45) is 5.92 Å². The van der Waals surface area contributed by atoms with Crippen molar-refractivity contribution in [2.45, 2.75) is 19.8 Å². The van der Waals surface area contributed by atoms with E-state index < -0.39 is 0 Å². The molecule has 0 saturated carbocycles. The Kier molecular flexibility index (Phi) is 4.90. The van der Waals surface area contributed by atoms with E-state index in [1.165, 1.54) is 0 Å². The average Bonchev–Trinajstić information content (AvgIpc) is 2.19. The van der Waals surface area contributed by atoms with Gasteiger partial charge in [0.1, 0.15) is 0 Å². The standard InChI is InChI=1S/C10H19NO3/c1-2-14-10(13)7-11-5-3-9(8-12)4-6-11/h9,12H,2-8H2,1H3. The Morgan fingerprint density at radius 1 is 1.50 bits per heavy atom. The molecule has 1 fully saturated rings. The number of aliphatic hydroxyl groups excluding tert-OH is 1. The molecule has 0 spiro atoms. The minimum Gasteiger partial charge on any atom is -0.465 e. The fourth-order valence-electron chi connectivity index (χ4n) is 1.72. The van der Waals surface area contributed by atoms with E-state index in [2.05, 4.69) is 4.90 Å². The number of aliphatic hydroxyl groups is 1. The Hall–Kier alpha value is -0.610. The molecule has 0 aromatic rings. The van der Waals surface area contributed by atoms with E-state index >= 15 is 0 Å². The lowest BCUT2D eigenvalue weighted by molar-refractivity contribution is -0.144. The Morgan fingerprint density at radius 3 is 2.64 bits per heavy atom. The molecule has 1 heterocycles. The first-order valence-electron chi connectivity index (χ1n) is 5.25. The molecule has 4 nitrogen and oxygen atoms in total. The lowest BCUT2D eigenvalue weighted by Crippen LogP contribution is -2.38. The molecule has 4 heteroatoms. The van der Waals surface area contributed by atoms with Crippen molar-refractivity contribution in [3.05, 3.63) is 0 Å². The third-order valence-corrected chi connectivity index (χ3v) is 2.62. The molecule has 1 saturated heterocycles. The van der Waals surface area contributed by atoms with Crippen LogP contribution in [0.25, 0.3) is 0 Å². The molecule has 1 aliphatic heterocycles. The number of likely N-dealkylation sites (tertiary alicyclic amines) is 1. The van der Waals surface area contributed by atoms with Gasteiger partial charge in [-0.2, -0.15) is 0 Å². The van der Waals surface area contributed by atoms with Gasteiger partial charge < -0.3 is 9.84 Å². The van der Waals surface area contributed by atoms with Crippen molar-refractivity contribution in [3.8, 4) is 0 Å². The number of hydrogen-bond acceptors (Lipinski definition) is 4. The van der Waals surface area contributed by atoms with Crippen LogP contribution in [0.1, 0.15) is 19.8 Å². The van der Waals surface area contributed by atoms with E-state index in [9.17, 15) is 4.79 Å². The van der Waals surface area contributed by atoms with Crippen molar-refractivity contribution >= 4 is 5.97 Å². The fraction of sp³-hybridized carbons (Fsp3) is 0.900. The van der Waals surface area contributed by atoms with Gasteiger partial charge in [-0.1, -0.05) is 0 Å². The monoisotopic (exact) mass is 201 g/mol. The average molecular weight is 201 g/mol. The molecule has 0 aromatic carbocycles. The summed E-state index contributed by atoms with van der Waals surface area (Å²) in [5.41, 5.74) is 0. The van der Waals surface area contributed by atoms with Gasteiger partial charge in [-0.3, -0.25) is 9.69 Å². The third kappa shape index (κ3) is 3.64. The predicted octanol–water partition coefficient (Wildman–Crippen LogP) is 0.254. The Balaban J connectivity index is 2.18. The fourth-order valence-corrected chi connectivity index (χ4v) is 1.72. The highest BCUT2D eigenvalue weighted by atomic mass is 16.5. The number of nitrogens with zero attached hydrogens (tertiary/aromatic N) is 1. The number of esters is 1. The zero-order valence-electron chi connectivity index (χ0n) is 8.74. The van der Waals surface area contributed by atoms with Crippen LogP contribution < -0.4 is 0 Å². The summed E-state index contributed by atoms with van der Waals surface area (Å²) >= 11 is 0. The van der Waals surface area contributed by atoms with Gasteiger partial charge in [-0.05, 0) is 38.8 Å². The van der Waals surface area contributed by atoms with E-state index in [-0.39, 0.29) is 12.6 Å². The van der Waals surface area contributed by atoms with E-state index in [4.69, 9.17) is 9.84 Å². The summed E-state index contributed by atoms with van der Waals surface area (Å²) < 4.78 is 4.87. The van der Waals surface area contributed by atoms with Crippen LogP contribution in [0.3, 0.4) is 0 Å².